The van der Waals surface area contributed by atoms with E-state index in [2.05, 4.69) is 46.6 Å². The average Bonchev–Trinajstić information content (AvgIpc) is 3.05. The molecule has 1 aromatic carbocycles. The van der Waals surface area contributed by atoms with Gasteiger partial charge in [0, 0.05) is 24.7 Å². The van der Waals surface area contributed by atoms with Gasteiger partial charge in [0.05, 0.1) is 24.3 Å². The molecule has 29 heavy (non-hydrogen) atoms. The molecule has 2 aliphatic rings. The minimum atomic E-state index is -3.17. The number of hydrogen-bond acceptors (Lipinski definition) is 3. The van der Waals surface area contributed by atoms with Gasteiger partial charge >= 0.3 is 0 Å². The van der Waals surface area contributed by atoms with E-state index in [1.807, 2.05) is 11.6 Å². The molecule has 0 saturated heterocycles. The molecule has 0 spiro atoms. The first-order valence-electron chi connectivity index (χ1n) is 10.5. The molecule has 1 aliphatic heterocycles. The third-order valence-electron chi connectivity index (χ3n) is 6.31. The summed E-state index contributed by atoms with van der Waals surface area (Å²) in [7, 11) is -3.17. The summed E-state index contributed by atoms with van der Waals surface area (Å²) in [5.41, 5.74) is 4.13. The van der Waals surface area contributed by atoms with Gasteiger partial charge in [-0.2, -0.15) is 5.10 Å². The molecule has 1 unspecified atom stereocenters. The Morgan fingerprint density at radius 3 is 2.69 bits per heavy atom. The largest absolute Gasteiger partial charge is 1.00 e. The van der Waals surface area contributed by atoms with Gasteiger partial charge in [0.2, 0.25) is 10.0 Å². The number of nitrogens with one attached hydrogen (secondary N) is 1. The molecule has 2 heterocycles. The van der Waals surface area contributed by atoms with Gasteiger partial charge in [-0.15, -0.1) is 0 Å². The van der Waals surface area contributed by atoms with Crippen LogP contribution in [0.2, 0.25) is 0 Å². The van der Waals surface area contributed by atoms with Crippen LogP contribution in [0, 0.1) is 0 Å². The third-order valence-corrected chi connectivity index (χ3v) is 7.90. The Bertz CT molecular complexity index is 910. The zero-order chi connectivity index (χ0) is 19.6. The van der Waals surface area contributed by atoms with E-state index < -0.39 is 10.0 Å². The van der Waals surface area contributed by atoms with Crippen LogP contribution < -0.4 is 22.4 Å². The Balaban J connectivity index is 0.00000240. The van der Waals surface area contributed by atoms with Crippen LogP contribution in [0.1, 0.15) is 55.5 Å². The van der Waals surface area contributed by atoms with Gasteiger partial charge in [0.15, 0.2) is 0 Å². The molecular weight excluding hydrogens is 408 g/mol. The summed E-state index contributed by atoms with van der Waals surface area (Å²) in [6.07, 6.45) is 7.47. The van der Waals surface area contributed by atoms with E-state index in [1.165, 1.54) is 36.1 Å². The number of hydrogen-bond donors (Lipinski definition) is 2. The van der Waals surface area contributed by atoms with Crippen molar-refractivity contribution in [3.63, 3.8) is 0 Å². The van der Waals surface area contributed by atoms with Gasteiger partial charge in [0.1, 0.15) is 11.7 Å². The minimum absolute atomic E-state index is 0. The van der Waals surface area contributed by atoms with Crippen molar-refractivity contribution < 1.29 is 26.1 Å². The Labute approximate surface area is 179 Å². The van der Waals surface area contributed by atoms with Crippen molar-refractivity contribution in [1.29, 1.82) is 0 Å². The van der Waals surface area contributed by atoms with Gasteiger partial charge in [0.25, 0.3) is 0 Å². The van der Waals surface area contributed by atoms with Crippen LogP contribution in [0.3, 0.4) is 0 Å². The summed E-state index contributed by atoms with van der Waals surface area (Å²) in [5.74, 6) is 0.180. The molecular formula is C21H31ClN4O2S. The van der Waals surface area contributed by atoms with E-state index >= 15 is 0 Å². The van der Waals surface area contributed by atoms with Crippen molar-refractivity contribution >= 4 is 10.0 Å². The first kappa shape index (κ1) is 22.3. The number of nitrogens with zero attached hydrogens (tertiary/aromatic N) is 2. The average molecular weight is 439 g/mol. The smallest absolute Gasteiger partial charge is 0.211 e. The summed E-state index contributed by atoms with van der Waals surface area (Å²) in [6, 6.07) is 11.2. The number of rotatable bonds is 8. The molecule has 1 aliphatic carbocycles. The number of aromatic nitrogens is 2. The molecule has 4 rings (SSSR count). The highest BCUT2D eigenvalue weighted by Gasteiger charge is 2.51. The lowest BCUT2D eigenvalue weighted by atomic mass is 9.58. The van der Waals surface area contributed by atoms with Crippen molar-refractivity contribution in [3.05, 3.63) is 53.3 Å². The van der Waals surface area contributed by atoms with E-state index in [-0.39, 0.29) is 23.6 Å². The summed E-state index contributed by atoms with van der Waals surface area (Å²) in [5, 5.41) is 7.39. The van der Waals surface area contributed by atoms with Gasteiger partial charge in [-0.1, -0.05) is 43.7 Å². The van der Waals surface area contributed by atoms with Crippen LogP contribution in [0.5, 0.6) is 0 Å². The Hall–Kier alpha value is -1.41. The Morgan fingerprint density at radius 1 is 1.28 bits per heavy atom. The van der Waals surface area contributed by atoms with Crippen LogP contribution in [0.15, 0.2) is 36.5 Å². The first-order chi connectivity index (χ1) is 13.5. The van der Waals surface area contributed by atoms with Crippen molar-refractivity contribution in [1.82, 2.24) is 14.5 Å². The maximum Gasteiger partial charge on any atom is 0.211 e. The van der Waals surface area contributed by atoms with Crippen LogP contribution in [-0.2, 0) is 28.4 Å². The molecule has 8 heteroatoms. The summed E-state index contributed by atoms with van der Waals surface area (Å²) in [6.45, 7) is 3.92. The number of halogens is 1. The quantitative estimate of drug-likeness (QED) is 0.526. The molecule has 6 nitrogen and oxygen atoms in total. The highest BCUT2D eigenvalue weighted by molar-refractivity contribution is 7.89. The minimum Gasteiger partial charge on any atom is -1.00 e. The monoisotopic (exact) mass is 438 g/mol. The third kappa shape index (κ3) is 4.53. The van der Waals surface area contributed by atoms with Gasteiger partial charge in [-0.05, 0) is 24.8 Å². The van der Waals surface area contributed by atoms with Crippen molar-refractivity contribution in [2.45, 2.75) is 57.0 Å². The maximum absolute atomic E-state index is 11.9. The molecule has 0 radical (unpaired) electrons. The van der Waals surface area contributed by atoms with E-state index in [4.69, 9.17) is 5.10 Å². The summed E-state index contributed by atoms with van der Waals surface area (Å²) >= 11 is 0. The summed E-state index contributed by atoms with van der Waals surface area (Å²) < 4.78 is 28.3. The second-order valence-corrected chi connectivity index (χ2v) is 10.1. The van der Waals surface area contributed by atoms with Gasteiger partial charge in [-0.3, -0.25) is 4.68 Å². The zero-order valence-electron chi connectivity index (χ0n) is 17.0. The predicted octanol–water partition coefficient (Wildman–Crippen LogP) is -1.50. The van der Waals surface area contributed by atoms with Crippen molar-refractivity contribution in [2.75, 3.05) is 18.8 Å². The zero-order valence-corrected chi connectivity index (χ0v) is 18.6. The van der Waals surface area contributed by atoms with E-state index in [1.54, 1.807) is 0 Å². The van der Waals surface area contributed by atoms with Gasteiger partial charge < -0.3 is 17.7 Å². The fourth-order valence-corrected chi connectivity index (χ4v) is 5.90. The second kappa shape index (κ2) is 9.16. The number of nitrogens with two attached hydrogens (primary N) is 1. The topological polar surface area (TPSA) is 80.6 Å². The first-order valence-corrected chi connectivity index (χ1v) is 12.1. The maximum atomic E-state index is 11.9. The second-order valence-electron chi connectivity index (χ2n) is 8.14. The van der Waals surface area contributed by atoms with E-state index in [0.29, 0.717) is 25.6 Å². The fourth-order valence-electron chi connectivity index (χ4n) is 4.81. The van der Waals surface area contributed by atoms with E-state index in [9.17, 15) is 8.42 Å². The van der Waals surface area contributed by atoms with Crippen LogP contribution in [0.4, 0.5) is 0 Å². The van der Waals surface area contributed by atoms with Crippen LogP contribution in [-0.4, -0.2) is 37.0 Å². The van der Waals surface area contributed by atoms with Crippen LogP contribution in [0.25, 0.3) is 0 Å². The number of quaternary nitrogens is 1. The van der Waals surface area contributed by atoms with Crippen LogP contribution >= 0.6 is 0 Å². The normalized spacial score (nSPS) is 20.4. The predicted molar refractivity (Wildman–Crippen MR) is 110 cm³/mol. The molecule has 160 valence electrons. The molecule has 1 fully saturated rings. The molecule has 2 aromatic rings. The molecule has 0 amide bonds. The molecule has 0 bridgehead atoms. The fraction of sp³-hybridized carbons (Fsp3) is 0.571. The number of sulfonamides is 1. The lowest BCUT2D eigenvalue weighted by molar-refractivity contribution is -0.711. The molecule has 1 aromatic heterocycles. The van der Waals surface area contributed by atoms with Gasteiger partial charge in [-0.25, -0.2) is 13.1 Å². The molecule has 1 saturated carbocycles. The Morgan fingerprint density at radius 2 is 2.03 bits per heavy atom. The summed E-state index contributed by atoms with van der Waals surface area (Å²) in [4.78, 5) is 0. The van der Waals surface area contributed by atoms with Crippen molar-refractivity contribution in [2.24, 2.45) is 0 Å². The SMILES string of the molecule is CCCS(=O)(=O)NCCn1cc2c(n1)C(C1(c3ccccc3)CCC1)[NH2+]CC2.[Cl-]. The standard InChI is InChI=1S/C21H30N4O2S.ClH/c1-2-15-28(26,27)23-13-14-25-16-17-9-12-22-20(19(17)24-25)21(10-6-11-21)18-7-4-3-5-8-18;/h3-5,7-8,16,20,22-23H,2,6,9-15H2,1H3;1H. The lowest BCUT2D eigenvalue weighted by Crippen LogP contribution is -3.00. The highest BCUT2D eigenvalue weighted by Crippen LogP contribution is 2.51. The van der Waals surface area contributed by atoms with E-state index in [0.717, 1.165) is 13.0 Å². The highest BCUT2D eigenvalue weighted by atomic mass is 35.5. The lowest BCUT2D eigenvalue weighted by Gasteiger charge is -2.46. The molecule has 3 N–H and O–H groups in total. The number of benzene rings is 1. The molecule has 1 atom stereocenters. The number of fused-ring (bicyclic) bond motifs is 1. The van der Waals surface area contributed by atoms with Crippen molar-refractivity contribution in [3.8, 4) is 0 Å². The Kier molecular flexibility index (Phi) is 7.04.